The first kappa shape index (κ1) is 25.3. The summed E-state index contributed by atoms with van der Waals surface area (Å²) in [5, 5.41) is 19.8. The Morgan fingerprint density at radius 2 is 2.00 bits per heavy atom. The van der Waals surface area contributed by atoms with E-state index in [1.165, 1.54) is 18.4 Å². The number of nitrogens with one attached hydrogen (secondary N) is 1. The summed E-state index contributed by atoms with van der Waals surface area (Å²) in [5.74, 6) is 2.62. The number of hydrogen-bond acceptors (Lipinski definition) is 5. The number of benzene rings is 1. The van der Waals surface area contributed by atoms with Crippen LogP contribution in [0.15, 0.2) is 41.6 Å². The molecule has 0 unspecified atom stereocenters. The third-order valence-electron chi connectivity index (χ3n) is 9.53. The highest BCUT2D eigenvalue weighted by Crippen LogP contribution is 2.51. The fourth-order valence-corrected chi connectivity index (χ4v) is 7.52. The van der Waals surface area contributed by atoms with Crippen LogP contribution in [-0.2, 0) is 19.0 Å². The van der Waals surface area contributed by atoms with Gasteiger partial charge in [0.1, 0.15) is 23.7 Å². The average Bonchev–Trinajstić information content (AvgIpc) is 3.58. The largest absolute Gasteiger partial charge is 0.352 e. The molecule has 3 fully saturated rings. The molecule has 0 bridgehead atoms. The summed E-state index contributed by atoms with van der Waals surface area (Å²) in [5.41, 5.74) is 4.93. The summed E-state index contributed by atoms with van der Waals surface area (Å²) in [4.78, 5) is 20.0. The van der Waals surface area contributed by atoms with Crippen LogP contribution in [0.5, 0.6) is 0 Å². The number of fused-ring (bicyclic) bond motifs is 1. The number of pyridine rings is 1. The van der Waals surface area contributed by atoms with Gasteiger partial charge in [-0.3, -0.25) is 14.3 Å². The predicted octanol–water partition coefficient (Wildman–Crippen LogP) is 5.14. The molecule has 0 spiro atoms. The lowest BCUT2D eigenvalue weighted by molar-refractivity contribution is 0.175. The first-order chi connectivity index (χ1) is 19.4. The Bertz CT molecular complexity index is 1690. The van der Waals surface area contributed by atoms with Crippen LogP contribution in [0.4, 0.5) is 0 Å². The predicted molar refractivity (Wildman–Crippen MR) is 154 cm³/mol. The fourth-order valence-electron chi connectivity index (χ4n) is 7.52. The summed E-state index contributed by atoms with van der Waals surface area (Å²) in [6.45, 7) is 7.30. The molecular formula is C32H37N7O. The van der Waals surface area contributed by atoms with Gasteiger partial charge in [-0.2, -0.15) is 5.26 Å². The molecular weight excluding hydrogens is 498 g/mol. The van der Waals surface area contributed by atoms with E-state index < -0.39 is 0 Å². The molecule has 0 amide bonds. The molecule has 4 aromatic rings. The lowest BCUT2D eigenvalue weighted by atomic mass is 9.58. The Morgan fingerprint density at radius 1 is 1.18 bits per heavy atom. The summed E-state index contributed by atoms with van der Waals surface area (Å²) >= 11 is 0. The number of H-pyrrole nitrogens is 1. The van der Waals surface area contributed by atoms with E-state index in [2.05, 4.69) is 58.2 Å². The van der Waals surface area contributed by atoms with Crippen molar-refractivity contribution in [2.24, 2.45) is 18.9 Å². The second-order valence-corrected chi connectivity index (χ2v) is 12.8. The number of hydrogen-bond donors (Lipinski definition) is 1. The van der Waals surface area contributed by atoms with Crippen LogP contribution in [0.1, 0.15) is 86.5 Å². The zero-order valence-electron chi connectivity index (χ0n) is 23.7. The van der Waals surface area contributed by atoms with Crippen molar-refractivity contribution < 1.29 is 0 Å². The second kappa shape index (κ2) is 9.45. The highest BCUT2D eigenvalue weighted by molar-refractivity contribution is 5.90. The van der Waals surface area contributed by atoms with Crippen LogP contribution < -0.4 is 5.56 Å². The number of likely N-dealkylation sites (tertiary alicyclic amines) is 1. The zero-order valence-corrected chi connectivity index (χ0v) is 23.7. The van der Waals surface area contributed by atoms with Gasteiger partial charge in [-0.1, -0.05) is 26.0 Å². The monoisotopic (exact) mass is 535 g/mol. The first-order valence-corrected chi connectivity index (χ1v) is 14.8. The van der Waals surface area contributed by atoms with Crippen molar-refractivity contribution in [2.75, 3.05) is 13.1 Å². The van der Waals surface area contributed by atoms with E-state index >= 15 is 0 Å². The van der Waals surface area contributed by atoms with E-state index in [-0.39, 0.29) is 11.0 Å². The number of aromatic amines is 1. The van der Waals surface area contributed by atoms with Gasteiger partial charge in [-0.15, -0.1) is 10.2 Å². The molecule has 0 radical (unpaired) electrons. The molecule has 4 heterocycles. The average molecular weight is 536 g/mol. The van der Waals surface area contributed by atoms with Gasteiger partial charge in [0.25, 0.3) is 5.56 Å². The number of aromatic nitrogens is 5. The molecule has 1 saturated heterocycles. The lowest BCUT2D eigenvalue weighted by Gasteiger charge is -2.46. The van der Waals surface area contributed by atoms with Gasteiger partial charge >= 0.3 is 0 Å². The Kier molecular flexibility index (Phi) is 5.97. The summed E-state index contributed by atoms with van der Waals surface area (Å²) in [6.07, 6.45) is 10.4. The molecule has 2 aliphatic carbocycles. The maximum Gasteiger partial charge on any atom is 0.279 e. The van der Waals surface area contributed by atoms with E-state index in [0.717, 1.165) is 66.9 Å². The van der Waals surface area contributed by atoms with Gasteiger partial charge in [0.05, 0.1) is 11.0 Å². The topological polar surface area (TPSA) is 95.5 Å². The second-order valence-electron chi connectivity index (χ2n) is 12.8. The molecule has 1 atom stereocenters. The molecule has 40 heavy (non-hydrogen) atoms. The van der Waals surface area contributed by atoms with E-state index in [4.69, 9.17) is 0 Å². The molecule has 7 rings (SSSR count). The Balaban J connectivity index is 1.35. The number of piperidine rings is 1. The third kappa shape index (κ3) is 4.02. The Morgan fingerprint density at radius 3 is 2.67 bits per heavy atom. The quantitative estimate of drug-likeness (QED) is 0.369. The van der Waals surface area contributed by atoms with Crippen molar-refractivity contribution in [1.82, 2.24) is 29.2 Å². The molecule has 1 aliphatic heterocycles. The lowest BCUT2D eigenvalue weighted by Crippen LogP contribution is -2.43. The number of nitrogens with zero attached hydrogens (tertiary/aromatic N) is 6. The first-order valence-electron chi connectivity index (χ1n) is 14.8. The van der Waals surface area contributed by atoms with Gasteiger partial charge in [0.15, 0.2) is 0 Å². The van der Waals surface area contributed by atoms with Gasteiger partial charge in [-0.05, 0) is 86.1 Å². The standard InChI is InChI=1S/C32H37N7O/c1-20-6-5-11-38(16-20)18-27-25(15-33)28-26(22-9-10-22)17-39(30(40)29(28)35-27)24-8-4-7-23(12-24)32(13-21(2)14-32)31-36-34-19-37(31)3/h4,7-8,12,17,19-22,35H,5-6,9-11,13-14,16,18H2,1-3H3/t20-,21?,32?/m0/s1. The summed E-state index contributed by atoms with van der Waals surface area (Å²) in [6, 6.07) is 10.9. The third-order valence-corrected chi connectivity index (χ3v) is 9.53. The van der Waals surface area contributed by atoms with Gasteiger partial charge in [0, 0.05) is 43.1 Å². The number of nitriles is 1. The minimum atomic E-state index is -0.202. The van der Waals surface area contributed by atoms with Crippen molar-refractivity contribution in [2.45, 2.75) is 70.3 Å². The van der Waals surface area contributed by atoms with Crippen molar-refractivity contribution in [3.8, 4) is 11.8 Å². The maximum absolute atomic E-state index is 14.1. The molecule has 2 saturated carbocycles. The molecule has 3 aliphatic rings. The van der Waals surface area contributed by atoms with Gasteiger partial charge < -0.3 is 9.55 Å². The van der Waals surface area contributed by atoms with Crippen molar-refractivity contribution in [3.63, 3.8) is 0 Å². The summed E-state index contributed by atoms with van der Waals surface area (Å²) < 4.78 is 3.82. The molecule has 1 aromatic carbocycles. The minimum Gasteiger partial charge on any atom is -0.352 e. The van der Waals surface area contributed by atoms with Crippen LogP contribution in [0, 0.1) is 23.2 Å². The molecule has 3 aromatic heterocycles. The Labute approximate surface area is 234 Å². The SMILES string of the molecule is CC1CC(c2cccc(-n3cc(C4CC4)c4c(C#N)c(CN5CCC[C@H](C)C5)[nH]c4c3=O)c2)(c2nncn2C)C1. The Hall–Kier alpha value is -3.70. The maximum atomic E-state index is 14.1. The number of aryl methyl sites for hydroxylation is 1. The van der Waals surface area contributed by atoms with Crippen LogP contribution in [0.2, 0.25) is 0 Å². The normalized spacial score (nSPS) is 25.1. The zero-order chi connectivity index (χ0) is 27.6. The van der Waals surface area contributed by atoms with E-state index in [1.54, 1.807) is 10.9 Å². The van der Waals surface area contributed by atoms with Crippen molar-refractivity contribution in [3.05, 3.63) is 75.4 Å². The van der Waals surface area contributed by atoms with Gasteiger partial charge in [-0.25, -0.2) is 0 Å². The molecule has 1 N–H and O–H groups in total. The van der Waals surface area contributed by atoms with E-state index in [0.29, 0.717) is 35.4 Å². The van der Waals surface area contributed by atoms with Crippen molar-refractivity contribution >= 4 is 10.9 Å². The van der Waals surface area contributed by atoms with E-state index in [9.17, 15) is 10.1 Å². The summed E-state index contributed by atoms with van der Waals surface area (Å²) in [7, 11) is 2.00. The van der Waals surface area contributed by atoms with Crippen LogP contribution in [0.3, 0.4) is 0 Å². The number of rotatable bonds is 6. The fraction of sp³-hybridized carbons (Fsp3) is 0.500. The van der Waals surface area contributed by atoms with E-state index in [1.807, 2.05) is 23.9 Å². The van der Waals surface area contributed by atoms with Gasteiger partial charge in [0.2, 0.25) is 0 Å². The van der Waals surface area contributed by atoms with Crippen LogP contribution in [0.25, 0.3) is 16.6 Å². The van der Waals surface area contributed by atoms with Crippen molar-refractivity contribution in [1.29, 1.82) is 5.26 Å². The molecule has 8 heteroatoms. The smallest absolute Gasteiger partial charge is 0.279 e. The minimum absolute atomic E-state index is 0.0963. The molecule has 8 nitrogen and oxygen atoms in total. The van der Waals surface area contributed by atoms with Crippen LogP contribution in [-0.4, -0.2) is 42.3 Å². The van der Waals surface area contributed by atoms with Crippen LogP contribution >= 0.6 is 0 Å². The highest BCUT2D eigenvalue weighted by Gasteiger charge is 2.48. The highest BCUT2D eigenvalue weighted by atomic mass is 16.1. The molecule has 206 valence electrons.